The molecule has 0 atom stereocenters. The molecular formula is C10H12N6S2. The molecule has 0 aliphatic carbocycles. The first-order valence-electron chi connectivity index (χ1n) is 5.14. The summed E-state index contributed by atoms with van der Waals surface area (Å²) >= 11 is 3.15. The Bertz CT molecular complexity index is 439. The molecule has 0 fully saturated rings. The second kappa shape index (κ2) is 6.41. The van der Waals surface area contributed by atoms with Crippen molar-refractivity contribution >= 4 is 34.9 Å². The van der Waals surface area contributed by atoms with Gasteiger partial charge in [-0.3, -0.25) is 0 Å². The van der Waals surface area contributed by atoms with E-state index in [1.807, 2.05) is 0 Å². The molecular weight excluding hydrogens is 268 g/mol. The number of aromatic nitrogens is 4. The maximum Gasteiger partial charge on any atom is 0.187 e. The van der Waals surface area contributed by atoms with Crippen LogP contribution in [0.25, 0.3) is 0 Å². The Hall–Kier alpha value is -1.54. The number of thioether (sulfide) groups is 2. The normalized spacial score (nSPS) is 10.4. The van der Waals surface area contributed by atoms with Crippen LogP contribution < -0.4 is 11.5 Å². The Morgan fingerprint density at radius 2 is 1.06 bits per heavy atom. The summed E-state index contributed by atoms with van der Waals surface area (Å²) in [6.45, 7) is 0. The fourth-order valence-electron chi connectivity index (χ4n) is 1.07. The lowest BCUT2D eigenvalue weighted by Gasteiger charge is -2.00. The van der Waals surface area contributed by atoms with E-state index >= 15 is 0 Å². The topological polar surface area (TPSA) is 104 Å². The molecule has 8 heteroatoms. The summed E-state index contributed by atoms with van der Waals surface area (Å²) in [5.74, 6) is 1.75. The molecule has 0 amide bonds. The first-order valence-corrected chi connectivity index (χ1v) is 7.12. The third-order valence-corrected chi connectivity index (χ3v) is 3.85. The lowest BCUT2D eigenvalue weighted by molar-refractivity contribution is 0.968. The van der Waals surface area contributed by atoms with Crippen LogP contribution in [0.2, 0.25) is 0 Å². The van der Waals surface area contributed by atoms with Gasteiger partial charge in [0.25, 0.3) is 0 Å². The molecule has 0 aliphatic rings. The molecule has 94 valence electrons. The third kappa shape index (κ3) is 4.04. The number of nitrogen functional groups attached to an aromatic ring is 2. The number of nitrogens with two attached hydrogens (primary N) is 2. The van der Waals surface area contributed by atoms with Crippen molar-refractivity contribution in [3.63, 3.8) is 0 Å². The van der Waals surface area contributed by atoms with Crippen molar-refractivity contribution < 1.29 is 0 Å². The minimum Gasteiger partial charge on any atom is -0.396 e. The van der Waals surface area contributed by atoms with E-state index in [0.717, 1.165) is 21.8 Å². The number of rotatable bonds is 5. The van der Waals surface area contributed by atoms with Gasteiger partial charge in [0, 0.05) is 11.5 Å². The van der Waals surface area contributed by atoms with Gasteiger partial charge in [0.2, 0.25) is 0 Å². The highest BCUT2D eigenvalue weighted by molar-refractivity contribution is 8.02. The average Bonchev–Trinajstić information content (AvgIpc) is 2.39. The molecule has 6 nitrogen and oxygen atoms in total. The first kappa shape index (κ1) is 12.9. The van der Waals surface area contributed by atoms with Crippen molar-refractivity contribution in [2.45, 2.75) is 10.3 Å². The molecule has 2 aromatic heterocycles. The Kier molecular flexibility index (Phi) is 4.59. The zero-order chi connectivity index (χ0) is 12.8. The Morgan fingerprint density at radius 1 is 0.722 bits per heavy atom. The molecule has 0 saturated heterocycles. The lowest BCUT2D eigenvalue weighted by Crippen LogP contribution is -1.94. The van der Waals surface area contributed by atoms with Gasteiger partial charge < -0.3 is 11.5 Å². The largest absolute Gasteiger partial charge is 0.396 e. The van der Waals surface area contributed by atoms with Gasteiger partial charge in [-0.25, -0.2) is 19.9 Å². The van der Waals surface area contributed by atoms with Crippen molar-refractivity contribution in [2.75, 3.05) is 23.0 Å². The van der Waals surface area contributed by atoms with Crippen molar-refractivity contribution in [3.8, 4) is 0 Å². The molecule has 4 N–H and O–H groups in total. The van der Waals surface area contributed by atoms with Gasteiger partial charge in [0.15, 0.2) is 10.3 Å². The van der Waals surface area contributed by atoms with Crippen LogP contribution >= 0.6 is 23.5 Å². The molecule has 0 bridgehead atoms. The summed E-state index contributed by atoms with van der Waals surface area (Å²) in [7, 11) is 0. The van der Waals surface area contributed by atoms with Gasteiger partial charge >= 0.3 is 0 Å². The highest BCUT2D eigenvalue weighted by Gasteiger charge is 2.00. The van der Waals surface area contributed by atoms with Gasteiger partial charge in [-0.15, -0.1) is 0 Å². The minimum atomic E-state index is 0.573. The average molecular weight is 280 g/mol. The van der Waals surface area contributed by atoms with E-state index in [9.17, 15) is 0 Å². The predicted molar refractivity (Wildman–Crippen MR) is 74.3 cm³/mol. The van der Waals surface area contributed by atoms with E-state index < -0.39 is 0 Å². The SMILES string of the molecule is Nc1cnc(SCCSc2ncc(N)cn2)nc1. The quantitative estimate of drug-likeness (QED) is 0.480. The summed E-state index contributed by atoms with van der Waals surface area (Å²) < 4.78 is 0. The lowest BCUT2D eigenvalue weighted by atomic mass is 10.6. The van der Waals surface area contributed by atoms with Gasteiger partial charge in [-0.2, -0.15) is 0 Å². The van der Waals surface area contributed by atoms with Crippen molar-refractivity contribution in [1.29, 1.82) is 0 Å². The number of nitrogens with zero attached hydrogens (tertiary/aromatic N) is 4. The molecule has 0 spiro atoms. The molecule has 2 aromatic rings. The highest BCUT2D eigenvalue weighted by Crippen LogP contribution is 2.18. The second-order valence-corrected chi connectivity index (χ2v) is 5.42. The number of hydrogen-bond donors (Lipinski definition) is 2. The van der Waals surface area contributed by atoms with Gasteiger partial charge in [-0.05, 0) is 0 Å². The summed E-state index contributed by atoms with van der Waals surface area (Å²) in [6, 6.07) is 0. The molecule has 0 unspecified atom stereocenters. The van der Waals surface area contributed by atoms with Crippen LogP contribution in [0.4, 0.5) is 11.4 Å². The fraction of sp³-hybridized carbons (Fsp3) is 0.200. The van der Waals surface area contributed by atoms with Crippen molar-refractivity contribution in [3.05, 3.63) is 24.8 Å². The van der Waals surface area contributed by atoms with Crippen LogP contribution in [0.5, 0.6) is 0 Å². The zero-order valence-corrected chi connectivity index (χ0v) is 11.1. The summed E-state index contributed by atoms with van der Waals surface area (Å²) in [5, 5.41) is 1.45. The minimum absolute atomic E-state index is 0.573. The van der Waals surface area contributed by atoms with Crippen molar-refractivity contribution in [1.82, 2.24) is 19.9 Å². The summed E-state index contributed by atoms with van der Waals surface area (Å²) in [5.41, 5.74) is 12.2. The van der Waals surface area contributed by atoms with Crippen LogP contribution in [0.3, 0.4) is 0 Å². The Balaban J connectivity index is 1.73. The van der Waals surface area contributed by atoms with E-state index in [-0.39, 0.29) is 0 Å². The number of anilines is 2. The molecule has 18 heavy (non-hydrogen) atoms. The molecule has 0 saturated carbocycles. The fourth-order valence-corrected chi connectivity index (χ4v) is 2.61. The smallest absolute Gasteiger partial charge is 0.187 e. The first-order chi connectivity index (χ1) is 8.74. The predicted octanol–water partition coefficient (Wildman–Crippen LogP) is 1.32. The van der Waals surface area contributed by atoms with Crippen molar-refractivity contribution in [2.24, 2.45) is 0 Å². The highest BCUT2D eigenvalue weighted by atomic mass is 32.2. The van der Waals surface area contributed by atoms with Crippen LogP contribution in [0.1, 0.15) is 0 Å². The second-order valence-electron chi connectivity index (χ2n) is 3.29. The van der Waals surface area contributed by atoms with E-state index in [2.05, 4.69) is 19.9 Å². The molecule has 0 aromatic carbocycles. The van der Waals surface area contributed by atoms with E-state index in [4.69, 9.17) is 11.5 Å². The Labute approximate surface area is 113 Å². The maximum absolute atomic E-state index is 5.50. The zero-order valence-electron chi connectivity index (χ0n) is 9.48. The molecule has 2 heterocycles. The summed E-state index contributed by atoms with van der Waals surface area (Å²) in [6.07, 6.45) is 6.41. The summed E-state index contributed by atoms with van der Waals surface area (Å²) in [4.78, 5) is 16.4. The van der Waals surface area contributed by atoms with Crippen LogP contribution in [-0.2, 0) is 0 Å². The van der Waals surface area contributed by atoms with E-state index in [1.54, 1.807) is 48.3 Å². The van der Waals surface area contributed by atoms with Crippen LogP contribution in [0.15, 0.2) is 35.1 Å². The molecule has 0 radical (unpaired) electrons. The molecule has 2 rings (SSSR count). The number of hydrogen-bond acceptors (Lipinski definition) is 8. The van der Waals surface area contributed by atoms with Gasteiger partial charge in [0.05, 0.1) is 36.2 Å². The maximum atomic E-state index is 5.50. The van der Waals surface area contributed by atoms with Gasteiger partial charge in [0.1, 0.15) is 0 Å². The Morgan fingerprint density at radius 3 is 1.39 bits per heavy atom. The van der Waals surface area contributed by atoms with Crippen LogP contribution in [0, 0.1) is 0 Å². The van der Waals surface area contributed by atoms with Crippen LogP contribution in [-0.4, -0.2) is 31.4 Å². The van der Waals surface area contributed by atoms with E-state index in [0.29, 0.717) is 11.4 Å². The standard InChI is InChI=1S/C10H12N6S2/c11-7-3-13-9(14-4-7)17-1-2-18-10-15-5-8(12)6-16-10/h3-6H,1-2,11-12H2. The third-order valence-electron chi connectivity index (χ3n) is 1.84. The van der Waals surface area contributed by atoms with Gasteiger partial charge in [-0.1, -0.05) is 23.5 Å². The molecule has 0 aliphatic heterocycles. The monoisotopic (exact) mass is 280 g/mol. The van der Waals surface area contributed by atoms with E-state index in [1.165, 1.54) is 0 Å².